The molecule has 0 radical (unpaired) electrons. The maximum absolute atomic E-state index is 14.3. The first-order valence-corrected chi connectivity index (χ1v) is 11.0. The molecule has 0 spiro atoms. The minimum Gasteiger partial charge on any atom is -0.486 e. The summed E-state index contributed by atoms with van der Waals surface area (Å²) in [7, 11) is 1.57. The van der Waals surface area contributed by atoms with Crippen LogP contribution in [-0.2, 0) is 17.7 Å². The Morgan fingerprint density at radius 3 is 2.58 bits per heavy atom. The molecule has 2 fully saturated rings. The van der Waals surface area contributed by atoms with Gasteiger partial charge in [-0.15, -0.1) is 0 Å². The molecule has 0 saturated carbocycles. The Hall–Kier alpha value is -2.15. The highest BCUT2D eigenvalue weighted by Crippen LogP contribution is 2.59. The molecule has 1 aromatic heterocycles. The molecule has 2 atom stereocenters. The number of hydrogen-bond acceptors (Lipinski definition) is 6. The number of aryl methyl sites for hydroxylation is 1. The Balaban J connectivity index is 1.55. The summed E-state index contributed by atoms with van der Waals surface area (Å²) in [5, 5.41) is 10.5. The molecule has 2 aliphatic heterocycles. The first kappa shape index (κ1) is 22.1. The minimum absolute atomic E-state index is 0.00276. The van der Waals surface area contributed by atoms with E-state index in [9.17, 15) is 13.2 Å². The maximum Gasteiger partial charge on any atom is 0.418 e. The molecule has 2 saturated heterocycles. The molecule has 1 aromatic carbocycles. The number of alkyl halides is 3. The van der Waals surface area contributed by atoms with Gasteiger partial charge in [0.2, 0.25) is 0 Å². The van der Waals surface area contributed by atoms with E-state index in [0.29, 0.717) is 49.5 Å². The highest BCUT2D eigenvalue weighted by molar-refractivity contribution is 7.13. The number of ether oxygens (including phenoxy) is 2. The standard InChI is InChI=1S/C22H24F3N3O2S/c1-29-19-13-27-18(31-19)14-28-10-8-20(15-28,21(9-11-30-21)22(23,24)25)7-6-16-2-4-17(12-26)5-3-16/h2-5,13H,6-11,14-15H2,1H3/t20-,21-/m1/s1. The van der Waals surface area contributed by atoms with Crippen molar-refractivity contribution in [2.75, 3.05) is 26.8 Å². The summed E-state index contributed by atoms with van der Waals surface area (Å²) in [6.45, 7) is 1.52. The van der Waals surface area contributed by atoms with Crippen molar-refractivity contribution in [3.8, 4) is 11.1 Å². The Kier molecular flexibility index (Phi) is 5.99. The normalized spacial score (nSPS) is 26.4. The lowest BCUT2D eigenvalue weighted by Gasteiger charge is -2.54. The van der Waals surface area contributed by atoms with Crippen molar-refractivity contribution in [1.29, 1.82) is 5.26 Å². The van der Waals surface area contributed by atoms with Crippen LogP contribution in [0.5, 0.6) is 5.06 Å². The molecule has 5 nitrogen and oxygen atoms in total. The monoisotopic (exact) mass is 451 g/mol. The third-order valence-electron chi connectivity index (χ3n) is 6.62. The largest absolute Gasteiger partial charge is 0.486 e. The molecule has 0 aliphatic carbocycles. The fraction of sp³-hybridized carbons (Fsp3) is 0.545. The summed E-state index contributed by atoms with van der Waals surface area (Å²) < 4.78 is 53.4. The van der Waals surface area contributed by atoms with Crippen molar-refractivity contribution in [3.63, 3.8) is 0 Å². The van der Waals surface area contributed by atoms with Gasteiger partial charge in [0.15, 0.2) is 10.7 Å². The summed E-state index contributed by atoms with van der Waals surface area (Å²) in [6.07, 6.45) is -1.48. The predicted octanol–water partition coefficient (Wildman–Crippen LogP) is 4.57. The molecule has 0 amide bonds. The van der Waals surface area contributed by atoms with Crippen molar-refractivity contribution in [3.05, 3.63) is 46.6 Å². The number of methoxy groups -OCH3 is 1. The van der Waals surface area contributed by atoms with Gasteiger partial charge in [-0.1, -0.05) is 23.5 Å². The number of nitrogens with zero attached hydrogens (tertiary/aromatic N) is 3. The molecule has 9 heteroatoms. The van der Waals surface area contributed by atoms with Crippen LogP contribution in [0.4, 0.5) is 13.2 Å². The van der Waals surface area contributed by atoms with Gasteiger partial charge >= 0.3 is 6.18 Å². The summed E-state index contributed by atoms with van der Waals surface area (Å²) in [5.74, 6) is 0. The average molecular weight is 452 g/mol. The molecule has 3 heterocycles. The number of aromatic nitrogens is 1. The zero-order valence-corrected chi connectivity index (χ0v) is 18.1. The molecule has 0 N–H and O–H groups in total. The lowest BCUT2D eigenvalue weighted by atomic mass is 9.63. The number of likely N-dealkylation sites (tertiary alicyclic amines) is 1. The first-order valence-electron chi connectivity index (χ1n) is 10.2. The van der Waals surface area contributed by atoms with E-state index in [4.69, 9.17) is 14.7 Å². The molecule has 166 valence electrons. The molecule has 2 aliphatic rings. The van der Waals surface area contributed by atoms with Gasteiger partial charge in [0.25, 0.3) is 0 Å². The highest BCUT2D eigenvalue weighted by Gasteiger charge is 2.71. The van der Waals surface area contributed by atoms with Gasteiger partial charge in [0.1, 0.15) is 5.01 Å². The van der Waals surface area contributed by atoms with Crippen molar-refractivity contribution >= 4 is 11.3 Å². The Morgan fingerprint density at radius 1 is 1.29 bits per heavy atom. The molecule has 4 rings (SSSR count). The Morgan fingerprint density at radius 2 is 2.03 bits per heavy atom. The van der Waals surface area contributed by atoms with Gasteiger partial charge in [-0.25, -0.2) is 4.98 Å². The van der Waals surface area contributed by atoms with Gasteiger partial charge in [-0.3, -0.25) is 4.90 Å². The van der Waals surface area contributed by atoms with Crippen LogP contribution >= 0.6 is 11.3 Å². The SMILES string of the molecule is COc1cnc(CN2CC[C@@](CCc3ccc(C#N)cc3)([C@@]3(C(F)(F)F)CCO3)C2)s1. The molecular weight excluding hydrogens is 427 g/mol. The Bertz CT molecular complexity index is 950. The second kappa shape index (κ2) is 8.41. The topological polar surface area (TPSA) is 58.4 Å². The summed E-state index contributed by atoms with van der Waals surface area (Å²) in [5.41, 5.74) is -1.64. The lowest BCUT2D eigenvalue weighted by molar-refractivity contribution is -0.366. The van der Waals surface area contributed by atoms with Crippen LogP contribution in [0.25, 0.3) is 0 Å². The van der Waals surface area contributed by atoms with Crippen LogP contribution in [0.1, 0.15) is 35.4 Å². The van der Waals surface area contributed by atoms with Crippen LogP contribution in [0.15, 0.2) is 30.5 Å². The fourth-order valence-corrected chi connectivity index (χ4v) is 5.63. The average Bonchev–Trinajstić information content (AvgIpc) is 3.33. The summed E-state index contributed by atoms with van der Waals surface area (Å²) in [4.78, 5) is 6.37. The zero-order chi connectivity index (χ0) is 22.1. The second-order valence-corrected chi connectivity index (χ2v) is 9.33. The van der Waals surface area contributed by atoms with Crippen molar-refractivity contribution in [1.82, 2.24) is 9.88 Å². The van der Waals surface area contributed by atoms with Gasteiger partial charge in [0, 0.05) is 18.4 Å². The maximum atomic E-state index is 14.3. The first-order chi connectivity index (χ1) is 14.8. The van der Waals surface area contributed by atoms with Crippen LogP contribution in [0, 0.1) is 16.7 Å². The fourth-order valence-electron chi connectivity index (χ4n) is 4.86. The van der Waals surface area contributed by atoms with E-state index in [2.05, 4.69) is 11.1 Å². The smallest absolute Gasteiger partial charge is 0.418 e. The van der Waals surface area contributed by atoms with Gasteiger partial charge < -0.3 is 9.47 Å². The number of halogens is 3. The second-order valence-electron chi connectivity index (χ2n) is 8.25. The van der Waals surface area contributed by atoms with Gasteiger partial charge in [-0.2, -0.15) is 18.4 Å². The molecule has 0 unspecified atom stereocenters. The van der Waals surface area contributed by atoms with Crippen molar-refractivity contribution < 1.29 is 22.6 Å². The van der Waals surface area contributed by atoms with E-state index in [-0.39, 0.29) is 13.0 Å². The Labute approximate surface area is 183 Å². The van der Waals surface area contributed by atoms with E-state index in [0.717, 1.165) is 10.6 Å². The van der Waals surface area contributed by atoms with Crippen LogP contribution < -0.4 is 4.74 Å². The number of rotatable bonds is 7. The molecular formula is C22H24F3N3O2S. The predicted molar refractivity (Wildman–Crippen MR) is 110 cm³/mol. The summed E-state index contributed by atoms with van der Waals surface area (Å²) >= 11 is 1.41. The number of nitriles is 1. The molecule has 2 aromatic rings. The van der Waals surface area contributed by atoms with E-state index in [1.807, 2.05) is 17.0 Å². The van der Waals surface area contributed by atoms with Crippen molar-refractivity contribution in [2.45, 2.75) is 44.0 Å². The lowest BCUT2D eigenvalue weighted by Crippen LogP contribution is -2.67. The van der Waals surface area contributed by atoms with Crippen LogP contribution in [0.2, 0.25) is 0 Å². The minimum atomic E-state index is -4.42. The van der Waals surface area contributed by atoms with Crippen LogP contribution in [-0.4, -0.2) is 48.5 Å². The summed E-state index contributed by atoms with van der Waals surface area (Å²) in [6, 6.07) is 9.12. The number of hydrogen-bond donors (Lipinski definition) is 0. The van der Waals surface area contributed by atoms with E-state index >= 15 is 0 Å². The third-order valence-corrected chi connectivity index (χ3v) is 7.56. The van der Waals surface area contributed by atoms with E-state index < -0.39 is 17.2 Å². The highest BCUT2D eigenvalue weighted by atomic mass is 32.1. The van der Waals surface area contributed by atoms with E-state index in [1.54, 1.807) is 25.4 Å². The van der Waals surface area contributed by atoms with E-state index in [1.165, 1.54) is 11.3 Å². The van der Waals surface area contributed by atoms with Gasteiger partial charge in [-0.05, 0) is 43.5 Å². The van der Waals surface area contributed by atoms with Crippen molar-refractivity contribution in [2.24, 2.45) is 5.41 Å². The molecule has 0 bridgehead atoms. The van der Waals surface area contributed by atoms with Crippen LogP contribution in [0.3, 0.4) is 0 Å². The quantitative estimate of drug-likeness (QED) is 0.617. The third kappa shape index (κ3) is 4.04. The number of thiazole rings is 1. The van der Waals surface area contributed by atoms with Gasteiger partial charge in [0.05, 0.1) is 38.1 Å². The zero-order valence-electron chi connectivity index (χ0n) is 17.2. The molecule has 31 heavy (non-hydrogen) atoms. The number of benzene rings is 1.